The molecule has 9 heteroatoms. The number of nitrogens with zero attached hydrogens (tertiary/aromatic N) is 4. The number of hydrogen-bond donors (Lipinski definition) is 4. The summed E-state index contributed by atoms with van der Waals surface area (Å²) < 4.78 is 0. The fourth-order valence-corrected chi connectivity index (χ4v) is 2.62. The lowest BCUT2D eigenvalue weighted by Crippen LogP contribution is -2.12. The fraction of sp³-hybridized carbons (Fsp3) is 0.0556. The van der Waals surface area contributed by atoms with E-state index in [2.05, 4.69) is 36.1 Å². The largest absolute Gasteiger partial charge is 0.326 e. The van der Waals surface area contributed by atoms with Gasteiger partial charge in [-0.15, -0.1) is 5.10 Å². The molecule has 0 fully saturated rings. The SMILES string of the molecule is NCc1ccc(-c2cc(C(=O)Nc3cccc(-c4nnn[nH]4)c3)[nH]n2)cc1. The number of carbonyl (C=O) groups excluding carboxylic acids is 1. The first-order chi connectivity index (χ1) is 13.2. The quantitative estimate of drug-likeness (QED) is 0.429. The number of anilines is 1. The number of H-pyrrole nitrogens is 2. The molecule has 0 aliphatic rings. The maximum atomic E-state index is 12.5. The van der Waals surface area contributed by atoms with Crippen molar-refractivity contribution in [1.29, 1.82) is 0 Å². The Morgan fingerprint density at radius 1 is 1.04 bits per heavy atom. The van der Waals surface area contributed by atoms with Crippen molar-refractivity contribution in [2.24, 2.45) is 5.73 Å². The average Bonchev–Trinajstić information content (AvgIpc) is 3.40. The van der Waals surface area contributed by atoms with Crippen LogP contribution in [-0.4, -0.2) is 36.7 Å². The van der Waals surface area contributed by atoms with E-state index in [1.807, 2.05) is 36.4 Å². The molecular formula is C18H16N8O. The zero-order valence-corrected chi connectivity index (χ0v) is 14.2. The zero-order valence-electron chi connectivity index (χ0n) is 14.2. The summed E-state index contributed by atoms with van der Waals surface area (Å²) >= 11 is 0. The maximum absolute atomic E-state index is 12.5. The third-order valence-electron chi connectivity index (χ3n) is 4.05. The number of aromatic amines is 2. The van der Waals surface area contributed by atoms with Crippen LogP contribution in [0.5, 0.6) is 0 Å². The smallest absolute Gasteiger partial charge is 0.273 e. The number of rotatable bonds is 5. The van der Waals surface area contributed by atoms with E-state index < -0.39 is 0 Å². The first kappa shape index (κ1) is 16.6. The third-order valence-corrected chi connectivity index (χ3v) is 4.05. The highest BCUT2D eigenvalue weighted by Crippen LogP contribution is 2.21. The third kappa shape index (κ3) is 3.58. The molecule has 0 saturated carbocycles. The van der Waals surface area contributed by atoms with E-state index in [-0.39, 0.29) is 5.91 Å². The second kappa shape index (κ2) is 7.18. The van der Waals surface area contributed by atoms with Gasteiger partial charge in [0.2, 0.25) is 0 Å². The zero-order chi connectivity index (χ0) is 18.6. The van der Waals surface area contributed by atoms with E-state index in [0.29, 0.717) is 29.4 Å². The second-order valence-corrected chi connectivity index (χ2v) is 5.85. The van der Waals surface area contributed by atoms with E-state index in [1.165, 1.54) is 0 Å². The molecule has 0 atom stereocenters. The van der Waals surface area contributed by atoms with Gasteiger partial charge in [0.05, 0.1) is 5.69 Å². The Kier molecular flexibility index (Phi) is 4.42. The van der Waals surface area contributed by atoms with E-state index in [9.17, 15) is 4.79 Å². The predicted molar refractivity (Wildman–Crippen MR) is 99.5 cm³/mol. The van der Waals surface area contributed by atoms with E-state index in [0.717, 1.165) is 16.7 Å². The Labute approximate surface area is 154 Å². The Morgan fingerprint density at radius 3 is 2.63 bits per heavy atom. The van der Waals surface area contributed by atoms with Crippen LogP contribution in [0.25, 0.3) is 22.6 Å². The molecule has 0 bridgehead atoms. The van der Waals surface area contributed by atoms with Crippen LogP contribution in [0, 0.1) is 0 Å². The first-order valence-electron chi connectivity index (χ1n) is 8.23. The van der Waals surface area contributed by atoms with Gasteiger partial charge in [-0.2, -0.15) is 5.10 Å². The number of nitrogens with one attached hydrogen (secondary N) is 3. The Morgan fingerprint density at radius 2 is 1.89 bits per heavy atom. The Balaban J connectivity index is 1.50. The molecule has 2 aromatic heterocycles. The van der Waals surface area contributed by atoms with Gasteiger partial charge in [0, 0.05) is 23.4 Å². The molecule has 4 aromatic rings. The van der Waals surface area contributed by atoms with Gasteiger partial charge in [-0.1, -0.05) is 36.4 Å². The molecular weight excluding hydrogens is 344 g/mol. The van der Waals surface area contributed by atoms with Crippen LogP contribution >= 0.6 is 0 Å². The van der Waals surface area contributed by atoms with E-state index >= 15 is 0 Å². The summed E-state index contributed by atoms with van der Waals surface area (Å²) in [6.07, 6.45) is 0. The predicted octanol–water partition coefficient (Wildman–Crippen LogP) is 1.97. The number of amides is 1. The van der Waals surface area contributed by atoms with Crippen molar-refractivity contribution in [2.75, 3.05) is 5.32 Å². The molecule has 0 aliphatic heterocycles. The van der Waals surface area contributed by atoms with E-state index in [1.54, 1.807) is 18.2 Å². The lowest BCUT2D eigenvalue weighted by molar-refractivity contribution is 0.102. The van der Waals surface area contributed by atoms with Crippen molar-refractivity contribution in [3.63, 3.8) is 0 Å². The van der Waals surface area contributed by atoms with Gasteiger partial charge in [0.15, 0.2) is 5.82 Å². The van der Waals surface area contributed by atoms with Crippen molar-refractivity contribution in [3.8, 4) is 22.6 Å². The minimum Gasteiger partial charge on any atom is -0.326 e. The molecule has 9 nitrogen and oxygen atoms in total. The summed E-state index contributed by atoms with van der Waals surface area (Å²) in [5, 5.41) is 23.5. The summed E-state index contributed by atoms with van der Waals surface area (Å²) in [7, 11) is 0. The molecule has 5 N–H and O–H groups in total. The molecule has 0 aliphatic carbocycles. The summed E-state index contributed by atoms with van der Waals surface area (Å²) in [4.78, 5) is 12.5. The highest BCUT2D eigenvalue weighted by molar-refractivity contribution is 6.03. The van der Waals surface area contributed by atoms with Crippen LogP contribution in [-0.2, 0) is 6.54 Å². The molecule has 2 aromatic carbocycles. The van der Waals surface area contributed by atoms with Gasteiger partial charge < -0.3 is 11.1 Å². The van der Waals surface area contributed by atoms with Crippen molar-refractivity contribution in [1.82, 2.24) is 30.8 Å². The molecule has 0 radical (unpaired) electrons. The molecule has 0 spiro atoms. The lowest BCUT2D eigenvalue weighted by atomic mass is 10.1. The van der Waals surface area contributed by atoms with Crippen LogP contribution in [0.2, 0.25) is 0 Å². The van der Waals surface area contributed by atoms with Gasteiger partial charge in [0.25, 0.3) is 5.91 Å². The highest BCUT2D eigenvalue weighted by Gasteiger charge is 2.12. The number of benzene rings is 2. The summed E-state index contributed by atoms with van der Waals surface area (Å²) in [6.45, 7) is 0.484. The van der Waals surface area contributed by atoms with Crippen LogP contribution in [0.3, 0.4) is 0 Å². The maximum Gasteiger partial charge on any atom is 0.273 e. The number of tetrazole rings is 1. The monoisotopic (exact) mass is 360 g/mol. The lowest BCUT2D eigenvalue weighted by Gasteiger charge is -2.04. The van der Waals surface area contributed by atoms with Crippen molar-refractivity contribution in [3.05, 3.63) is 65.9 Å². The minimum atomic E-state index is -0.292. The molecule has 1 amide bonds. The molecule has 2 heterocycles. The standard InChI is InChI=1S/C18H16N8O/c19-10-11-4-6-12(7-5-11)15-9-16(22-21-15)18(27)20-14-3-1-2-13(8-14)17-23-25-26-24-17/h1-9H,10,19H2,(H,20,27)(H,21,22)(H,23,24,25,26). The molecule has 134 valence electrons. The summed E-state index contributed by atoms with van der Waals surface area (Å²) in [5.41, 5.74) is 9.99. The Hall–Kier alpha value is -3.85. The Bertz CT molecular complexity index is 1050. The van der Waals surface area contributed by atoms with E-state index in [4.69, 9.17) is 5.73 Å². The molecule has 0 unspecified atom stereocenters. The number of hydrogen-bond acceptors (Lipinski definition) is 6. The molecule has 0 saturated heterocycles. The second-order valence-electron chi connectivity index (χ2n) is 5.85. The summed E-state index contributed by atoms with van der Waals surface area (Å²) in [6, 6.07) is 16.7. The normalized spacial score (nSPS) is 10.7. The average molecular weight is 360 g/mol. The topological polar surface area (TPSA) is 138 Å². The summed E-state index contributed by atoms with van der Waals surface area (Å²) in [5.74, 6) is 0.232. The molecule has 27 heavy (non-hydrogen) atoms. The van der Waals surface area contributed by atoms with Crippen molar-refractivity contribution in [2.45, 2.75) is 6.54 Å². The number of carbonyl (C=O) groups is 1. The fourth-order valence-electron chi connectivity index (χ4n) is 2.62. The highest BCUT2D eigenvalue weighted by atomic mass is 16.1. The number of aromatic nitrogens is 6. The first-order valence-corrected chi connectivity index (χ1v) is 8.23. The van der Waals surface area contributed by atoms with Gasteiger partial charge >= 0.3 is 0 Å². The number of nitrogens with two attached hydrogens (primary N) is 1. The van der Waals surface area contributed by atoms with Crippen LogP contribution < -0.4 is 11.1 Å². The van der Waals surface area contributed by atoms with Gasteiger partial charge in [0.1, 0.15) is 5.69 Å². The van der Waals surface area contributed by atoms with Crippen LogP contribution in [0.4, 0.5) is 5.69 Å². The van der Waals surface area contributed by atoms with Crippen molar-refractivity contribution >= 4 is 11.6 Å². The van der Waals surface area contributed by atoms with Gasteiger partial charge in [-0.3, -0.25) is 9.89 Å². The molecule has 4 rings (SSSR count). The van der Waals surface area contributed by atoms with Gasteiger partial charge in [-0.25, -0.2) is 5.10 Å². The van der Waals surface area contributed by atoms with Crippen LogP contribution in [0.1, 0.15) is 16.1 Å². The van der Waals surface area contributed by atoms with Crippen LogP contribution in [0.15, 0.2) is 54.6 Å². The van der Waals surface area contributed by atoms with Crippen molar-refractivity contribution < 1.29 is 4.79 Å². The minimum absolute atomic E-state index is 0.292. The van der Waals surface area contributed by atoms with Gasteiger partial charge in [-0.05, 0) is 34.2 Å².